The summed E-state index contributed by atoms with van der Waals surface area (Å²) in [6.07, 6.45) is 5.29. The normalized spacial score (nSPS) is 9.64. The lowest BCUT2D eigenvalue weighted by atomic mass is 10.2. The molecule has 0 fully saturated rings. The van der Waals surface area contributed by atoms with Crippen molar-refractivity contribution in [2.24, 2.45) is 0 Å². The summed E-state index contributed by atoms with van der Waals surface area (Å²) in [7, 11) is 0. The van der Waals surface area contributed by atoms with Gasteiger partial charge in [0.05, 0.1) is 4.88 Å². The molecule has 0 aliphatic carbocycles. The zero-order valence-electron chi connectivity index (χ0n) is 7.40. The van der Waals surface area contributed by atoms with E-state index in [-0.39, 0.29) is 5.75 Å². The molecule has 1 heterocycles. The lowest BCUT2D eigenvalue weighted by molar-refractivity contribution is 0.475. The topological polar surface area (TPSA) is 20.2 Å². The Balaban J connectivity index is 2.40. The molecular formula is C12H8OS. The summed E-state index contributed by atoms with van der Waals surface area (Å²) in [6.45, 7) is 0. The van der Waals surface area contributed by atoms with Crippen molar-refractivity contribution in [3.05, 3.63) is 41.3 Å². The molecule has 1 aromatic carbocycles. The Kier molecular flexibility index (Phi) is 2.26. The smallest absolute Gasteiger partial charge is 0.115 e. The first kappa shape index (κ1) is 8.86. The first-order valence-electron chi connectivity index (χ1n) is 4.15. The number of phenolic OH excluding ortho intramolecular Hbond substituents is 1. The predicted octanol–water partition coefficient (Wildman–Crippen LogP) is 3.10. The van der Waals surface area contributed by atoms with Crippen LogP contribution >= 0.6 is 11.3 Å². The minimum absolute atomic E-state index is 0.280. The average Bonchev–Trinajstić information content (AvgIpc) is 2.67. The summed E-state index contributed by atoms with van der Waals surface area (Å²) in [5.74, 6) is 2.88. The lowest BCUT2D eigenvalue weighted by Crippen LogP contribution is -1.69. The molecule has 0 unspecified atom stereocenters. The molecule has 0 saturated heterocycles. The first-order chi connectivity index (χ1) is 6.79. The van der Waals surface area contributed by atoms with E-state index in [4.69, 9.17) is 11.5 Å². The van der Waals surface area contributed by atoms with Crippen LogP contribution in [0.4, 0.5) is 0 Å². The van der Waals surface area contributed by atoms with E-state index in [0.717, 1.165) is 15.3 Å². The number of thiophene rings is 1. The molecule has 1 nitrogen and oxygen atoms in total. The molecule has 0 radical (unpaired) electrons. The standard InChI is InChI=1S/C12H8OS/c1-2-11-7-8-12(14-11)9-3-5-10(13)6-4-9/h1,3-8,13H. The summed E-state index contributed by atoms with van der Waals surface area (Å²) in [6, 6.07) is 11.0. The minimum Gasteiger partial charge on any atom is -0.508 e. The van der Waals surface area contributed by atoms with E-state index < -0.39 is 0 Å². The zero-order valence-corrected chi connectivity index (χ0v) is 8.21. The van der Waals surface area contributed by atoms with Crippen molar-refractivity contribution < 1.29 is 5.11 Å². The van der Waals surface area contributed by atoms with Gasteiger partial charge in [-0.25, -0.2) is 0 Å². The fourth-order valence-corrected chi connectivity index (χ4v) is 2.02. The maximum Gasteiger partial charge on any atom is 0.115 e. The SMILES string of the molecule is C#Cc1ccc(-c2ccc(O)cc2)s1. The second-order valence-corrected chi connectivity index (χ2v) is 3.94. The molecule has 0 amide bonds. The summed E-state index contributed by atoms with van der Waals surface area (Å²) >= 11 is 1.57. The molecule has 0 bridgehead atoms. The van der Waals surface area contributed by atoms with Gasteiger partial charge in [-0.3, -0.25) is 0 Å². The van der Waals surface area contributed by atoms with Crippen LogP contribution in [0.3, 0.4) is 0 Å². The van der Waals surface area contributed by atoms with Gasteiger partial charge in [-0.05, 0) is 42.0 Å². The van der Waals surface area contributed by atoms with Crippen LogP contribution in [0.25, 0.3) is 10.4 Å². The Hall–Kier alpha value is -1.72. The average molecular weight is 200 g/mol. The van der Waals surface area contributed by atoms with Gasteiger partial charge in [-0.2, -0.15) is 0 Å². The number of phenols is 1. The highest BCUT2D eigenvalue weighted by atomic mass is 32.1. The molecule has 0 aliphatic heterocycles. The van der Waals surface area contributed by atoms with Crippen molar-refractivity contribution in [1.82, 2.24) is 0 Å². The summed E-state index contributed by atoms with van der Waals surface area (Å²) < 4.78 is 0. The van der Waals surface area contributed by atoms with E-state index in [0.29, 0.717) is 0 Å². The highest BCUT2D eigenvalue weighted by Crippen LogP contribution is 2.28. The summed E-state index contributed by atoms with van der Waals surface area (Å²) in [5, 5.41) is 9.13. The Morgan fingerprint density at radius 1 is 1.07 bits per heavy atom. The Labute approximate surface area is 86.7 Å². The Morgan fingerprint density at radius 3 is 2.36 bits per heavy atom. The molecule has 2 rings (SSSR count). The molecule has 0 spiro atoms. The number of hydrogen-bond donors (Lipinski definition) is 1. The number of benzene rings is 1. The van der Waals surface area contributed by atoms with Crippen LogP contribution in [0, 0.1) is 12.3 Å². The maximum atomic E-state index is 9.13. The van der Waals surface area contributed by atoms with Crippen molar-refractivity contribution in [3.8, 4) is 28.5 Å². The summed E-state index contributed by atoms with van der Waals surface area (Å²) in [5.41, 5.74) is 1.08. The molecule has 0 atom stereocenters. The van der Waals surface area contributed by atoms with E-state index in [1.54, 1.807) is 23.5 Å². The van der Waals surface area contributed by atoms with Crippen LogP contribution in [0.5, 0.6) is 5.75 Å². The molecule has 2 aromatic rings. The monoisotopic (exact) mass is 200 g/mol. The van der Waals surface area contributed by atoms with Gasteiger partial charge >= 0.3 is 0 Å². The molecule has 68 valence electrons. The number of hydrogen-bond acceptors (Lipinski definition) is 2. The molecule has 0 aliphatic rings. The summed E-state index contributed by atoms with van der Waals surface area (Å²) in [4.78, 5) is 2.05. The Bertz CT molecular complexity index is 474. The van der Waals surface area contributed by atoms with Crippen molar-refractivity contribution >= 4 is 11.3 Å². The second kappa shape index (κ2) is 3.57. The van der Waals surface area contributed by atoms with E-state index in [2.05, 4.69) is 5.92 Å². The maximum absolute atomic E-state index is 9.13. The molecule has 14 heavy (non-hydrogen) atoms. The van der Waals surface area contributed by atoms with Crippen molar-refractivity contribution in [2.45, 2.75) is 0 Å². The molecule has 0 saturated carbocycles. The molecule has 2 heteroatoms. The van der Waals surface area contributed by atoms with Crippen LogP contribution in [-0.2, 0) is 0 Å². The predicted molar refractivity (Wildman–Crippen MR) is 59.4 cm³/mol. The van der Waals surface area contributed by atoms with Gasteiger partial charge in [0.15, 0.2) is 0 Å². The van der Waals surface area contributed by atoms with Crippen LogP contribution in [0.15, 0.2) is 36.4 Å². The Morgan fingerprint density at radius 2 is 1.79 bits per heavy atom. The molecule has 1 aromatic heterocycles. The first-order valence-corrected chi connectivity index (χ1v) is 4.97. The second-order valence-electron chi connectivity index (χ2n) is 2.86. The third-order valence-electron chi connectivity index (χ3n) is 1.90. The van der Waals surface area contributed by atoms with Gasteiger partial charge in [0.1, 0.15) is 5.75 Å². The van der Waals surface area contributed by atoms with Crippen LogP contribution < -0.4 is 0 Å². The van der Waals surface area contributed by atoms with Gasteiger partial charge in [0.2, 0.25) is 0 Å². The third kappa shape index (κ3) is 1.63. The van der Waals surface area contributed by atoms with E-state index in [1.807, 2.05) is 24.3 Å². The van der Waals surface area contributed by atoms with Gasteiger partial charge in [0.25, 0.3) is 0 Å². The van der Waals surface area contributed by atoms with Crippen LogP contribution in [-0.4, -0.2) is 5.11 Å². The van der Waals surface area contributed by atoms with Gasteiger partial charge in [-0.1, -0.05) is 5.92 Å². The quantitative estimate of drug-likeness (QED) is 0.701. The van der Waals surface area contributed by atoms with E-state index in [1.165, 1.54) is 0 Å². The highest BCUT2D eigenvalue weighted by Gasteiger charge is 2.00. The lowest BCUT2D eigenvalue weighted by Gasteiger charge is -1.96. The number of rotatable bonds is 1. The zero-order chi connectivity index (χ0) is 9.97. The van der Waals surface area contributed by atoms with Crippen molar-refractivity contribution in [2.75, 3.05) is 0 Å². The van der Waals surface area contributed by atoms with E-state index >= 15 is 0 Å². The molecule has 1 N–H and O–H groups in total. The van der Waals surface area contributed by atoms with Gasteiger partial charge in [0, 0.05) is 4.88 Å². The number of aromatic hydroxyl groups is 1. The van der Waals surface area contributed by atoms with E-state index in [9.17, 15) is 0 Å². The third-order valence-corrected chi connectivity index (χ3v) is 2.97. The van der Waals surface area contributed by atoms with Gasteiger partial charge in [-0.15, -0.1) is 17.8 Å². The number of terminal acetylenes is 1. The van der Waals surface area contributed by atoms with Crippen molar-refractivity contribution in [1.29, 1.82) is 0 Å². The van der Waals surface area contributed by atoms with Crippen LogP contribution in [0.2, 0.25) is 0 Å². The van der Waals surface area contributed by atoms with Crippen molar-refractivity contribution in [3.63, 3.8) is 0 Å². The fourth-order valence-electron chi connectivity index (χ4n) is 1.20. The molecular weight excluding hydrogens is 192 g/mol. The highest BCUT2D eigenvalue weighted by molar-refractivity contribution is 7.16. The largest absolute Gasteiger partial charge is 0.508 e. The minimum atomic E-state index is 0.280. The van der Waals surface area contributed by atoms with Gasteiger partial charge < -0.3 is 5.11 Å². The van der Waals surface area contributed by atoms with Crippen LogP contribution in [0.1, 0.15) is 4.88 Å². The fraction of sp³-hybridized carbons (Fsp3) is 0.